The summed E-state index contributed by atoms with van der Waals surface area (Å²) in [5.41, 5.74) is 7.69. The average Bonchev–Trinajstić information content (AvgIpc) is 2.37. The number of rotatable bonds is 4. The number of hydrogen-bond donors (Lipinski definition) is 1. The monoisotopic (exact) mass is 230 g/mol. The van der Waals surface area contributed by atoms with Gasteiger partial charge in [0.15, 0.2) is 0 Å². The van der Waals surface area contributed by atoms with Crippen molar-refractivity contribution in [2.75, 3.05) is 13.7 Å². The minimum absolute atomic E-state index is 0.463. The molecule has 2 N–H and O–H groups in total. The first-order valence-electron chi connectivity index (χ1n) is 5.86. The van der Waals surface area contributed by atoms with Gasteiger partial charge in [-0.25, -0.2) is 0 Å². The van der Waals surface area contributed by atoms with Crippen molar-refractivity contribution in [1.82, 2.24) is 4.98 Å². The van der Waals surface area contributed by atoms with E-state index in [0.717, 1.165) is 28.8 Å². The number of hydrogen-bond acceptors (Lipinski definition) is 3. The molecule has 0 fully saturated rings. The van der Waals surface area contributed by atoms with Gasteiger partial charge in [-0.15, -0.1) is 0 Å². The van der Waals surface area contributed by atoms with Crippen molar-refractivity contribution < 1.29 is 4.74 Å². The van der Waals surface area contributed by atoms with Crippen molar-refractivity contribution in [3.63, 3.8) is 0 Å². The maximum atomic E-state index is 5.63. The molecule has 0 aliphatic rings. The average molecular weight is 230 g/mol. The zero-order chi connectivity index (χ0) is 12.3. The van der Waals surface area contributed by atoms with Gasteiger partial charge in [0, 0.05) is 17.1 Å². The molecule has 3 heteroatoms. The fourth-order valence-corrected chi connectivity index (χ4v) is 1.82. The molecule has 1 atom stereocenters. The number of nitrogens with two attached hydrogens (primary N) is 1. The topological polar surface area (TPSA) is 48.1 Å². The molecule has 0 aliphatic heterocycles. The lowest BCUT2D eigenvalue weighted by molar-refractivity contribution is 0.415. The van der Waals surface area contributed by atoms with E-state index in [9.17, 15) is 0 Å². The molecule has 0 aliphatic carbocycles. The van der Waals surface area contributed by atoms with Crippen LogP contribution in [0.1, 0.15) is 12.6 Å². The van der Waals surface area contributed by atoms with Gasteiger partial charge >= 0.3 is 0 Å². The molecule has 2 aromatic rings. The van der Waals surface area contributed by atoms with E-state index in [1.54, 1.807) is 7.11 Å². The van der Waals surface area contributed by atoms with Crippen LogP contribution >= 0.6 is 0 Å². The van der Waals surface area contributed by atoms with Crippen LogP contribution in [0.5, 0.6) is 5.75 Å². The number of pyridine rings is 1. The van der Waals surface area contributed by atoms with Crippen LogP contribution in [0.2, 0.25) is 0 Å². The van der Waals surface area contributed by atoms with Gasteiger partial charge in [-0.3, -0.25) is 4.98 Å². The minimum Gasteiger partial charge on any atom is -0.497 e. The molecule has 0 saturated carbocycles. The summed E-state index contributed by atoms with van der Waals surface area (Å²) in [6, 6.07) is 10.1. The van der Waals surface area contributed by atoms with Crippen LogP contribution in [0.15, 0.2) is 30.3 Å². The van der Waals surface area contributed by atoms with Crippen molar-refractivity contribution in [2.45, 2.75) is 13.3 Å². The highest BCUT2D eigenvalue weighted by Crippen LogP contribution is 2.20. The van der Waals surface area contributed by atoms with Crippen molar-refractivity contribution >= 4 is 10.9 Å². The smallest absolute Gasteiger partial charge is 0.121 e. The van der Waals surface area contributed by atoms with Crippen LogP contribution in [0.3, 0.4) is 0 Å². The third kappa shape index (κ3) is 2.74. The van der Waals surface area contributed by atoms with E-state index in [-0.39, 0.29) is 0 Å². The van der Waals surface area contributed by atoms with Crippen molar-refractivity contribution in [3.8, 4) is 5.75 Å². The molecular formula is C14H18N2O. The predicted molar refractivity (Wildman–Crippen MR) is 70.2 cm³/mol. The van der Waals surface area contributed by atoms with Crippen molar-refractivity contribution in [2.24, 2.45) is 11.7 Å². The molecule has 0 saturated heterocycles. The Balaban J connectivity index is 2.34. The van der Waals surface area contributed by atoms with E-state index in [1.807, 2.05) is 18.2 Å². The maximum Gasteiger partial charge on any atom is 0.121 e. The fraction of sp³-hybridized carbons (Fsp3) is 0.357. The molecule has 90 valence electrons. The van der Waals surface area contributed by atoms with Crippen molar-refractivity contribution in [3.05, 3.63) is 36.0 Å². The lowest BCUT2D eigenvalue weighted by Gasteiger charge is -2.08. The number of benzene rings is 1. The van der Waals surface area contributed by atoms with Gasteiger partial charge in [0.2, 0.25) is 0 Å². The second-order valence-corrected chi connectivity index (χ2v) is 4.41. The molecule has 3 nitrogen and oxygen atoms in total. The minimum atomic E-state index is 0.463. The van der Waals surface area contributed by atoms with Crippen LogP contribution in [0.25, 0.3) is 10.9 Å². The number of nitrogens with zero attached hydrogens (tertiary/aromatic N) is 1. The van der Waals surface area contributed by atoms with Crippen LogP contribution in [0, 0.1) is 5.92 Å². The van der Waals surface area contributed by atoms with Gasteiger partial charge in [0.05, 0.1) is 12.6 Å². The summed E-state index contributed by atoms with van der Waals surface area (Å²) in [6.07, 6.45) is 0.920. The Morgan fingerprint density at radius 1 is 1.29 bits per heavy atom. The molecular weight excluding hydrogens is 212 g/mol. The van der Waals surface area contributed by atoms with E-state index < -0.39 is 0 Å². The number of aromatic nitrogens is 1. The van der Waals surface area contributed by atoms with Gasteiger partial charge in [-0.05, 0) is 37.1 Å². The lowest BCUT2D eigenvalue weighted by atomic mass is 10.0. The summed E-state index contributed by atoms with van der Waals surface area (Å²) >= 11 is 0. The molecule has 1 aromatic heterocycles. The zero-order valence-corrected chi connectivity index (χ0v) is 10.3. The molecule has 2 rings (SSSR count). The molecule has 0 bridgehead atoms. The number of ether oxygens (including phenoxy) is 1. The Morgan fingerprint density at radius 3 is 2.76 bits per heavy atom. The van der Waals surface area contributed by atoms with Crippen molar-refractivity contribution in [1.29, 1.82) is 0 Å². The number of fused-ring (bicyclic) bond motifs is 1. The molecule has 1 aromatic carbocycles. The first kappa shape index (κ1) is 11.9. The summed E-state index contributed by atoms with van der Waals surface area (Å²) in [6.45, 7) is 2.83. The Hall–Kier alpha value is -1.61. The van der Waals surface area contributed by atoms with Crippen LogP contribution in [-0.4, -0.2) is 18.6 Å². The molecule has 0 spiro atoms. The van der Waals surface area contributed by atoms with Gasteiger partial charge in [0.25, 0.3) is 0 Å². The Morgan fingerprint density at radius 2 is 2.06 bits per heavy atom. The Kier molecular flexibility index (Phi) is 3.59. The fourth-order valence-electron chi connectivity index (χ4n) is 1.82. The first-order valence-corrected chi connectivity index (χ1v) is 5.86. The van der Waals surface area contributed by atoms with Gasteiger partial charge in [-0.2, -0.15) is 0 Å². The van der Waals surface area contributed by atoms with E-state index >= 15 is 0 Å². The lowest BCUT2D eigenvalue weighted by Crippen LogP contribution is -2.13. The standard InChI is InChI=1S/C14H18N2O/c1-10(9-15)7-12-5-3-11-4-6-13(17-2)8-14(11)16-12/h3-6,8,10H,7,9,15H2,1-2H3. The normalized spacial score (nSPS) is 12.6. The van der Waals surface area contributed by atoms with Gasteiger partial charge in [0.1, 0.15) is 5.75 Å². The molecule has 0 radical (unpaired) electrons. The summed E-state index contributed by atoms with van der Waals surface area (Å²) < 4.78 is 5.20. The van der Waals surface area contributed by atoms with Gasteiger partial charge in [-0.1, -0.05) is 13.0 Å². The summed E-state index contributed by atoms with van der Waals surface area (Å²) in [7, 11) is 1.67. The first-order chi connectivity index (χ1) is 8.22. The van der Waals surface area contributed by atoms with E-state index in [4.69, 9.17) is 10.5 Å². The molecule has 0 amide bonds. The van der Waals surface area contributed by atoms with E-state index in [0.29, 0.717) is 12.5 Å². The highest BCUT2D eigenvalue weighted by atomic mass is 16.5. The van der Waals surface area contributed by atoms with E-state index in [2.05, 4.69) is 24.0 Å². The molecule has 1 unspecified atom stereocenters. The second kappa shape index (κ2) is 5.15. The Labute approximate surface area is 102 Å². The zero-order valence-electron chi connectivity index (χ0n) is 10.3. The molecule has 1 heterocycles. The Bertz CT molecular complexity index is 511. The quantitative estimate of drug-likeness (QED) is 0.877. The maximum absolute atomic E-state index is 5.63. The van der Waals surface area contributed by atoms with Gasteiger partial charge < -0.3 is 10.5 Å². The third-order valence-corrected chi connectivity index (χ3v) is 2.92. The third-order valence-electron chi connectivity index (χ3n) is 2.92. The number of methoxy groups -OCH3 is 1. The summed E-state index contributed by atoms with van der Waals surface area (Å²) in [4.78, 5) is 4.64. The van der Waals surface area contributed by atoms with E-state index in [1.165, 1.54) is 0 Å². The van der Waals surface area contributed by atoms with Crippen LogP contribution < -0.4 is 10.5 Å². The largest absolute Gasteiger partial charge is 0.497 e. The van der Waals surface area contributed by atoms with Crippen LogP contribution in [-0.2, 0) is 6.42 Å². The highest BCUT2D eigenvalue weighted by Gasteiger charge is 2.04. The summed E-state index contributed by atoms with van der Waals surface area (Å²) in [5, 5.41) is 1.13. The SMILES string of the molecule is COc1ccc2ccc(CC(C)CN)nc2c1. The second-order valence-electron chi connectivity index (χ2n) is 4.41. The summed E-state index contributed by atoms with van der Waals surface area (Å²) in [5.74, 6) is 1.31. The predicted octanol–water partition coefficient (Wildman–Crippen LogP) is 2.38. The molecule has 17 heavy (non-hydrogen) atoms. The van der Waals surface area contributed by atoms with Crippen LogP contribution in [0.4, 0.5) is 0 Å². The highest BCUT2D eigenvalue weighted by molar-refractivity contribution is 5.80.